The predicted molar refractivity (Wildman–Crippen MR) is 60.3 cm³/mol. The number of nitrogens with one attached hydrogen (secondary N) is 1. The molecule has 0 radical (unpaired) electrons. The molecule has 0 aliphatic carbocycles. The summed E-state index contributed by atoms with van der Waals surface area (Å²) in [5.41, 5.74) is 0.254. The monoisotopic (exact) mass is 278 g/mol. The Bertz CT molecular complexity index is 509. The number of nitrogens with zero attached hydrogens (tertiary/aromatic N) is 1. The predicted octanol–water partition coefficient (Wildman–Crippen LogP) is -0.498. The summed E-state index contributed by atoms with van der Waals surface area (Å²) >= 11 is 0. The summed E-state index contributed by atoms with van der Waals surface area (Å²) in [7, 11) is -2.49. The minimum absolute atomic E-state index is 0.254. The molecule has 8 nitrogen and oxygen atoms in total. The molecule has 1 unspecified atom stereocenters. The number of aryl methyl sites for hydroxylation is 1. The number of carboxylic acids is 1. The third kappa shape index (κ3) is 4.43. The van der Waals surface area contributed by atoms with Gasteiger partial charge < -0.3 is 14.4 Å². The Kier molecular flexibility index (Phi) is 4.82. The van der Waals surface area contributed by atoms with Gasteiger partial charge in [0.2, 0.25) is 10.0 Å². The van der Waals surface area contributed by atoms with E-state index in [1.807, 2.05) is 0 Å². The van der Waals surface area contributed by atoms with E-state index in [1.54, 1.807) is 6.92 Å². The van der Waals surface area contributed by atoms with Crippen molar-refractivity contribution in [1.29, 1.82) is 0 Å². The van der Waals surface area contributed by atoms with E-state index in [4.69, 9.17) is 9.63 Å². The highest BCUT2D eigenvalue weighted by Gasteiger charge is 2.21. The molecule has 1 heterocycles. The molecule has 0 saturated carbocycles. The molecule has 0 amide bonds. The average molecular weight is 278 g/mol. The van der Waals surface area contributed by atoms with Gasteiger partial charge in [-0.25, -0.2) is 17.9 Å². The van der Waals surface area contributed by atoms with Crippen LogP contribution in [0.4, 0.5) is 0 Å². The molecule has 0 saturated heterocycles. The molecule has 0 aromatic carbocycles. The number of hydrogen-bond donors (Lipinski definition) is 2. The highest BCUT2D eigenvalue weighted by molar-refractivity contribution is 7.88. The highest BCUT2D eigenvalue weighted by Crippen LogP contribution is 2.05. The molecule has 0 spiro atoms. The topological polar surface area (TPSA) is 119 Å². The van der Waals surface area contributed by atoms with E-state index in [9.17, 15) is 13.2 Å². The van der Waals surface area contributed by atoms with Crippen LogP contribution in [0.15, 0.2) is 10.6 Å². The summed E-state index contributed by atoms with van der Waals surface area (Å²) < 4.78 is 34.7. The molecule has 1 rings (SSSR count). The van der Waals surface area contributed by atoms with Gasteiger partial charge in [-0.15, -0.1) is 0 Å². The number of carboxylic acid groups (broad SMARTS) is 1. The van der Waals surface area contributed by atoms with Crippen LogP contribution in [-0.2, 0) is 25.3 Å². The van der Waals surface area contributed by atoms with Gasteiger partial charge >= 0.3 is 5.97 Å². The zero-order chi connectivity index (χ0) is 13.8. The summed E-state index contributed by atoms with van der Waals surface area (Å²) in [4.78, 5) is 10.6. The van der Waals surface area contributed by atoms with E-state index in [-0.39, 0.29) is 18.0 Å². The van der Waals surface area contributed by atoms with Gasteiger partial charge in [-0.2, -0.15) is 0 Å². The van der Waals surface area contributed by atoms with Gasteiger partial charge in [0, 0.05) is 19.7 Å². The van der Waals surface area contributed by atoms with Gasteiger partial charge in [0.1, 0.15) is 17.2 Å². The van der Waals surface area contributed by atoms with E-state index in [0.29, 0.717) is 5.76 Å². The maximum absolute atomic E-state index is 11.6. The highest BCUT2D eigenvalue weighted by atomic mass is 32.2. The van der Waals surface area contributed by atoms with E-state index in [1.165, 1.54) is 13.2 Å². The minimum Gasteiger partial charge on any atom is -0.479 e. The number of methoxy groups -OCH3 is 1. The Morgan fingerprint density at radius 1 is 1.67 bits per heavy atom. The van der Waals surface area contributed by atoms with Crippen molar-refractivity contribution < 1.29 is 27.6 Å². The van der Waals surface area contributed by atoms with Crippen LogP contribution in [0, 0.1) is 6.92 Å². The first-order chi connectivity index (χ1) is 8.34. The van der Waals surface area contributed by atoms with Gasteiger partial charge in [0.05, 0.1) is 0 Å². The van der Waals surface area contributed by atoms with Crippen LogP contribution in [0.1, 0.15) is 11.5 Å². The number of aliphatic carboxylic acids is 1. The van der Waals surface area contributed by atoms with Crippen molar-refractivity contribution in [3.63, 3.8) is 0 Å². The maximum atomic E-state index is 11.6. The third-order valence-corrected chi connectivity index (χ3v) is 3.35. The molecular weight excluding hydrogens is 264 g/mol. The lowest BCUT2D eigenvalue weighted by atomic mass is 10.4. The lowest BCUT2D eigenvalue weighted by molar-refractivity contribution is -0.147. The van der Waals surface area contributed by atoms with Gasteiger partial charge in [-0.3, -0.25) is 0 Å². The molecule has 9 heteroatoms. The standard InChI is InChI=1S/C9H14N2O6S/c1-6-3-7(11-17-6)5-18(14,15)10-4-8(16-2)9(12)13/h3,8,10H,4-5H2,1-2H3,(H,12,13). The van der Waals surface area contributed by atoms with Gasteiger partial charge in [0.15, 0.2) is 6.10 Å². The zero-order valence-electron chi connectivity index (χ0n) is 9.91. The Balaban J connectivity index is 2.57. The Morgan fingerprint density at radius 3 is 2.78 bits per heavy atom. The van der Waals surface area contributed by atoms with Crippen LogP contribution in [-0.4, -0.2) is 44.4 Å². The van der Waals surface area contributed by atoms with Crippen LogP contribution >= 0.6 is 0 Å². The molecule has 0 aliphatic heterocycles. The quantitative estimate of drug-likeness (QED) is 0.690. The zero-order valence-corrected chi connectivity index (χ0v) is 10.7. The van der Waals surface area contributed by atoms with E-state index >= 15 is 0 Å². The molecule has 102 valence electrons. The summed E-state index contributed by atoms with van der Waals surface area (Å²) in [5, 5.41) is 12.2. The summed E-state index contributed by atoms with van der Waals surface area (Å²) in [6, 6.07) is 1.49. The van der Waals surface area contributed by atoms with Crippen LogP contribution in [0.25, 0.3) is 0 Å². The maximum Gasteiger partial charge on any atom is 0.334 e. The van der Waals surface area contributed by atoms with Crippen LogP contribution in [0.3, 0.4) is 0 Å². The van der Waals surface area contributed by atoms with Crippen molar-refractivity contribution >= 4 is 16.0 Å². The Morgan fingerprint density at radius 2 is 2.33 bits per heavy atom. The number of carbonyl (C=O) groups is 1. The van der Waals surface area contributed by atoms with Crippen molar-refractivity contribution in [3.8, 4) is 0 Å². The first-order valence-electron chi connectivity index (χ1n) is 4.99. The Labute approximate surface area is 104 Å². The van der Waals surface area contributed by atoms with Gasteiger partial charge in [-0.1, -0.05) is 5.16 Å². The summed E-state index contributed by atoms with van der Waals surface area (Å²) in [6.07, 6.45) is -1.22. The summed E-state index contributed by atoms with van der Waals surface area (Å²) in [5.74, 6) is -1.11. The summed E-state index contributed by atoms with van der Waals surface area (Å²) in [6.45, 7) is 1.30. The smallest absolute Gasteiger partial charge is 0.334 e. The first kappa shape index (κ1) is 14.6. The lowest BCUT2D eigenvalue weighted by Gasteiger charge is -2.11. The number of aromatic nitrogens is 1. The average Bonchev–Trinajstić information content (AvgIpc) is 2.63. The number of rotatable bonds is 7. The molecule has 1 aromatic rings. The second-order valence-electron chi connectivity index (χ2n) is 3.60. The van der Waals surface area contributed by atoms with Crippen molar-refractivity contribution in [2.75, 3.05) is 13.7 Å². The minimum atomic E-state index is -3.68. The fourth-order valence-corrected chi connectivity index (χ4v) is 2.24. The van der Waals surface area contributed by atoms with Crippen LogP contribution in [0.5, 0.6) is 0 Å². The van der Waals surface area contributed by atoms with Crippen molar-refractivity contribution in [3.05, 3.63) is 17.5 Å². The van der Waals surface area contributed by atoms with Crippen LogP contribution < -0.4 is 4.72 Å². The molecular formula is C9H14N2O6S. The normalized spacial score (nSPS) is 13.4. The third-order valence-electron chi connectivity index (χ3n) is 2.06. The van der Waals surface area contributed by atoms with E-state index in [0.717, 1.165) is 0 Å². The number of sulfonamides is 1. The number of ether oxygens (including phenoxy) is 1. The molecule has 1 atom stereocenters. The molecule has 2 N–H and O–H groups in total. The SMILES string of the molecule is COC(CNS(=O)(=O)Cc1cc(C)on1)C(=O)O. The lowest BCUT2D eigenvalue weighted by Crippen LogP contribution is -2.38. The fraction of sp³-hybridized carbons (Fsp3) is 0.556. The van der Waals surface area contributed by atoms with Crippen LogP contribution in [0.2, 0.25) is 0 Å². The molecule has 0 fully saturated rings. The fourth-order valence-electron chi connectivity index (χ4n) is 1.21. The largest absolute Gasteiger partial charge is 0.479 e. The van der Waals surface area contributed by atoms with E-state index < -0.39 is 22.1 Å². The number of hydrogen-bond acceptors (Lipinski definition) is 6. The van der Waals surface area contributed by atoms with Gasteiger partial charge in [-0.05, 0) is 6.92 Å². The van der Waals surface area contributed by atoms with Gasteiger partial charge in [0.25, 0.3) is 0 Å². The first-order valence-corrected chi connectivity index (χ1v) is 6.64. The Hall–Kier alpha value is -1.45. The molecule has 0 aliphatic rings. The van der Waals surface area contributed by atoms with Crippen molar-refractivity contribution in [1.82, 2.24) is 9.88 Å². The van der Waals surface area contributed by atoms with Crippen molar-refractivity contribution in [2.24, 2.45) is 0 Å². The second kappa shape index (κ2) is 5.94. The molecule has 0 bridgehead atoms. The second-order valence-corrected chi connectivity index (χ2v) is 5.41. The van der Waals surface area contributed by atoms with E-state index in [2.05, 4.69) is 14.6 Å². The van der Waals surface area contributed by atoms with Crippen molar-refractivity contribution in [2.45, 2.75) is 18.8 Å². The molecule has 18 heavy (non-hydrogen) atoms. The molecule has 1 aromatic heterocycles.